The largest absolute Gasteiger partial charge is 0.497 e. The zero-order chi connectivity index (χ0) is 18.8. The van der Waals surface area contributed by atoms with Crippen LogP contribution in [0.3, 0.4) is 0 Å². The third kappa shape index (κ3) is 3.21. The normalized spacial score (nSPS) is 11.3. The number of rotatable bonds is 6. The Kier molecular flexibility index (Phi) is 4.67. The van der Waals surface area contributed by atoms with Gasteiger partial charge in [0, 0.05) is 18.4 Å². The lowest BCUT2D eigenvalue weighted by Crippen LogP contribution is -2.06. The number of nitrogens with zero attached hydrogens (tertiary/aromatic N) is 3. The van der Waals surface area contributed by atoms with E-state index >= 15 is 0 Å². The van der Waals surface area contributed by atoms with Crippen LogP contribution in [0, 0.1) is 0 Å². The average Bonchev–Trinajstić information content (AvgIpc) is 3.06. The number of aryl methyl sites for hydroxylation is 1. The summed E-state index contributed by atoms with van der Waals surface area (Å²) >= 11 is 0. The Bertz CT molecular complexity index is 1080. The standard InChI is InChI=1S/C22H24N4O/c1-3-4-9-19-25-20-21(17-7-5-6-8-18(17)24-22(20)23)26(19)14-15-10-12-16(27-2)13-11-15/h5-8,10-13H,3-4,9,14H2,1-2H3,(H2,23,24). The van der Waals surface area contributed by atoms with Crippen molar-refractivity contribution in [3.8, 4) is 5.75 Å². The molecule has 2 N–H and O–H groups in total. The van der Waals surface area contributed by atoms with Gasteiger partial charge in [-0.25, -0.2) is 9.97 Å². The number of nitrogens with two attached hydrogens (primary N) is 1. The van der Waals surface area contributed by atoms with Crippen molar-refractivity contribution in [2.45, 2.75) is 32.7 Å². The summed E-state index contributed by atoms with van der Waals surface area (Å²) in [5.41, 5.74) is 10.2. The summed E-state index contributed by atoms with van der Waals surface area (Å²) < 4.78 is 7.58. The van der Waals surface area contributed by atoms with Crippen molar-refractivity contribution in [1.82, 2.24) is 14.5 Å². The topological polar surface area (TPSA) is 66.0 Å². The average molecular weight is 360 g/mol. The van der Waals surface area contributed by atoms with Crippen LogP contribution >= 0.6 is 0 Å². The molecule has 2 aromatic carbocycles. The van der Waals surface area contributed by atoms with Gasteiger partial charge in [0.15, 0.2) is 5.82 Å². The van der Waals surface area contributed by atoms with Crippen LogP contribution in [0.4, 0.5) is 5.82 Å². The van der Waals surface area contributed by atoms with Crippen molar-refractivity contribution in [2.24, 2.45) is 0 Å². The molecule has 4 rings (SSSR count). The molecule has 4 aromatic rings. The minimum atomic E-state index is 0.495. The van der Waals surface area contributed by atoms with Gasteiger partial charge in [0.2, 0.25) is 0 Å². The minimum Gasteiger partial charge on any atom is -0.497 e. The third-order valence-corrected chi connectivity index (χ3v) is 4.94. The predicted octanol–water partition coefficient (Wildman–Crippen LogP) is 4.57. The number of fused-ring (bicyclic) bond motifs is 3. The highest BCUT2D eigenvalue weighted by Gasteiger charge is 2.17. The molecule has 2 aromatic heterocycles. The fraction of sp³-hybridized carbons (Fsp3) is 0.273. The van der Waals surface area contributed by atoms with Crippen LogP contribution in [-0.4, -0.2) is 21.6 Å². The van der Waals surface area contributed by atoms with Gasteiger partial charge in [-0.15, -0.1) is 0 Å². The lowest BCUT2D eigenvalue weighted by atomic mass is 10.1. The Hall–Kier alpha value is -3.08. The number of anilines is 1. The fourth-order valence-electron chi connectivity index (χ4n) is 3.51. The van der Waals surface area contributed by atoms with Crippen LogP contribution in [0.25, 0.3) is 21.9 Å². The second-order valence-electron chi connectivity index (χ2n) is 6.78. The van der Waals surface area contributed by atoms with Crippen molar-refractivity contribution in [3.05, 3.63) is 59.9 Å². The number of aromatic nitrogens is 3. The number of hydrogen-bond donors (Lipinski definition) is 1. The second-order valence-corrected chi connectivity index (χ2v) is 6.78. The molecule has 138 valence electrons. The van der Waals surface area contributed by atoms with E-state index in [1.807, 2.05) is 30.3 Å². The van der Waals surface area contributed by atoms with E-state index in [4.69, 9.17) is 15.5 Å². The monoisotopic (exact) mass is 360 g/mol. The van der Waals surface area contributed by atoms with Gasteiger partial charge in [0.1, 0.15) is 17.1 Å². The maximum atomic E-state index is 6.26. The molecule has 0 aliphatic carbocycles. The first-order valence-electron chi connectivity index (χ1n) is 9.37. The molecule has 0 spiro atoms. The van der Waals surface area contributed by atoms with Crippen LogP contribution in [0.2, 0.25) is 0 Å². The van der Waals surface area contributed by atoms with Crippen molar-refractivity contribution in [1.29, 1.82) is 0 Å². The Morgan fingerprint density at radius 1 is 1.04 bits per heavy atom. The van der Waals surface area contributed by atoms with E-state index in [0.717, 1.165) is 59.3 Å². The van der Waals surface area contributed by atoms with Gasteiger partial charge in [-0.1, -0.05) is 43.7 Å². The first-order valence-corrected chi connectivity index (χ1v) is 9.37. The number of methoxy groups -OCH3 is 1. The minimum absolute atomic E-state index is 0.495. The van der Waals surface area contributed by atoms with Gasteiger partial charge in [-0.3, -0.25) is 0 Å². The summed E-state index contributed by atoms with van der Waals surface area (Å²) in [4.78, 5) is 9.43. The number of ether oxygens (including phenoxy) is 1. The number of unbranched alkanes of at least 4 members (excludes halogenated alkanes) is 1. The summed E-state index contributed by atoms with van der Waals surface area (Å²) in [6.07, 6.45) is 3.15. The maximum Gasteiger partial charge on any atom is 0.152 e. The first kappa shape index (κ1) is 17.3. The van der Waals surface area contributed by atoms with Crippen LogP contribution < -0.4 is 10.5 Å². The number of imidazole rings is 1. The molecule has 0 fully saturated rings. The number of benzene rings is 2. The molecule has 0 bridgehead atoms. The summed E-state index contributed by atoms with van der Waals surface area (Å²) in [5.74, 6) is 2.42. The second kappa shape index (κ2) is 7.27. The van der Waals surface area contributed by atoms with E-state index < -0.39 is 0 Å². The third-order valence-electron chi connectivity index (χ3n) is 4.94. The molecular weight excluding hydrogens is 336 g/mol. The fourth-order valence-corrected chi connectivity index (χ4v) is 3.51. The molecule has 0 aliphatic rings. The highest BCUT2D eigenvalue weighted by Crippen LogP contribution is 2.30. The van der Waals surface area contributed by atoms with Crippen molar-refractivity contribution in [3.63, 3.8) is 0 Å². The lowest BCUT2D eigenvalue weighted by Gasteiger charge is -2.11. The van der Waals surface area contributed by atoms with E-state index in [1.165, 1.54) is 5.56 Å². The van der Waals surface area contributed by atoms with Gasteiger partial charge in [-0.05, 0) is 30.2 Å². The van der Waals surface area contributed by atoms with Crippen molar-refractivity contribution in [2.75, 3.05) is 12.8 Å². The van der Waals surface area contributed by atoms with E-state index in [9.17, 15) is 0 Å². The number of nitrogen functional groups attached to an aromatic ring is 1. The Labute approximate surface area is 158 Å². The Balaban J connectivity index is 1.91. The highest BCUT2D eigenvalue weighted by atomic mass is 16.5. The zero-order valence-corrected chi connectivity index (χ0v) is 15.8. The van der Waals surface area contributed by atoms with E-state index in [2.05, 4.69) is 34.7 Å². The SMILES string of the molecule is CCCCc1nc2c(N)nc3ccccc3c2n1Cc1ccc(OC)cc1. The molecule has 0 aliphatic heterocycles. The van der Waals surface area contributed by atoms with Crippen molar-refractivity contribution < 1.29 is 4.74 Å². The van der Waals surface area contributed by atoms with Gasteiger partial charge >= 0.3 is 0 Å². The number of hydrogen-bond acceptors (Lipinski definition) is 4. The maximum absolute atomic E-state index is 6.26. The number of pyridine rings is 1. The predicted molar refractivity (Wildman–Crippen MR) is 110 cm³/mol. The molecule has 0 saturated carbocycles. The molecule has 2 heterocycles. The van der Waals surface area contributed by atoms with Gasteiger partial charge in [0.05, 0.1) is 18.1 Å². The van der Waals surface area contributed by atoms with Gasteiger partial charge < -0.3 is 15.0 Å². The molecule has 27 heavy (non-hydrogen) atoms. The molecular formula is C22H24N4O. The summed E-state index contributed by atoms with van der Waals surface area (Å²) in [7, 11) is 1.68. The molecule has 0 unspecified atom stereocenters. The molecule has 5 nitrogen and oxygen atoms in total. The van der Waals surface area contributed by atoms with Gasteiger partial charge in [-0.2, -0.15) is 0 Å². The molecule has 0 saturated heterocycles. The van der Waals surface area contributed by atoms with E-state index in [-0.39, 0.29) is 0 Å². The van der Waals surface area contributed by atoms with Crippen molar-refractivity contribution >= 4 is 27.8 Å². The van der Waals surface area contributed by atoms with Crippen LogP contribution in [0.15, 0.2) is 48.5 Å². The smallest absolute Gasteiger partial charge is 0.152 e. The van der Waals surface area contributed by atoms with E-state index in [0.29, 0.717) is 5.82 Å². The zero-order valence-electron chi connectivity index (χ0n) is 15.8. The summed E-state index contributed by atoms with van der Waals surface area (Å²) in [6, 6.07) is 16.3. The quantitative estimate of drug-likeness (QED) is 0.547. The summed E-state index contributed by atoms with van der Waals surface area (Å²) in [6.45, 7) is 2.94. The Morgan fingerprint density at radius 3 is 2.56 bits per heavy atom. The molecule has 0 amide bonds. The summed E-state index contributed by atoms with van der Waals surface area (Å²) in [5, 5.41) is 1.09. The first-order chi connectivity index (χ1) is 13.2. The highest BCUT2D eigenvalue weighted by molar-refractivity contribution is 6.06. The molecule has 0 atom stereocenters. The van der Waals surface area contributed by atoms with E-state index in [1.54, 1.807) is 7.11 Å². The van der Waals surface area contributed by atoms with Crippen LogP contribution in [0.1, 0.15) is 31.2 Å². The van der Waals surface area contributed by atoms with Crippen LogP contribution in [-0.2, 0) is 13.0 Å². The molecule has 5 heteroatoms. The van der Waals surface area contributed by atoms with Crippen LogP contribution in [0.5, 0.6) is 5.75 Å². The molecule has 0 radical (unpaired) electrons. The van der Waals surface area contributed by atoms with Gasteiger partial charge in [0.25, 0.3) is 0 Å². The Morgan fingerprint density at radius 2 is 1.81 bits per heavy atom. The lowest BCUT2D eigenvalue weighted by molar-refractivity contribution is 0.414. The number of para-hydroxylation sites is 1.